The van der Waals surface area contributed by atoms with E-state index in [1.165, 1.54) is 0 Å². The zero-order valence-corrected chi connectivity index (χ0v) is 11.0. The van der Waals surface area contributed by atoms with E-state index in [4.69, 9.17) is 9.26 Å². The van der Waals surface area contributed by atoms with E-state index in [-0.39, 0.29) is 6.10 Å². The highest BCUT2D eigenvalue weighted by Gasteiger charge is 2.37. The van der Waals surface area contributed by atoms with Crippen molar-refractivity contribution in [3.63, 3.8) is 0 Å². The first kappa shape index (κ1) is 13.5. The number of nitrogens with one attached hydrogen (secondary N) is 1. The van der Waals surface area contributed by atoms with Crippen LogP contribution in [-0.4, -0.2) is 34.9 Å². The summed E-state index contributed by atoms with van der Waals surface area (Å²) in [6.45, 7) is 6.07. The van der Waals surface area contributed by atoms with Gasteiger partial charge in [-0.2, -0.15) is 4.98 Å². The van der Waals surface area contributed by atoms with E-state index >= 15 is 0 Å². The molecule has 1 saturated heterocycles. The number of piperidine rings is 1. The maximum atomic E-state index is 10.5. The van der Waals surface area contributed by atoms with Gasteiger partial charge in [0.1, 0.15) is 11.7 Å². The highest BCUT2D eigenvalue weighted by atomic mass is 16.5. The van der Waals surface area contributed by atoms with Gasteiger partial charge in [0.25, 0.3) is 5.89 Å². The van der Waals surface area contributed by atoms with Crippen LogP contribution in [0.2, 0.25) is 0 Å². The summed E-state index contributed by atoms with van der Waals surface area (Å²) in [5, 5.41) is 17.6. The molecule has 1 unspecified atom stereocenters. The Morgan fingerprint density at radius 1 is 1.44 bits per heavy atom. The van der Waals surface area contributed by atoms with Gasteiger partial charge in [0.15, 0.2) is 0 Å². The molecule has 6 nitrogen and oxygen atoms in total. The minimum atomic E-state index is -0.985. The molecule has 2 N–H and O–H groups in total. The zero-order valence-electron chi connectivity index (χ0n) is 11.0. The number of hydrogen-bond donors (Lipinski definition) is 2. The first-order valence-corrected chi connectivity index (χ1v) is 6.58. The Balaban J connectivity index is 2.13. The zero-order chi connectivity index (χ0) is 13.0. The first-order valence-electron chi connectivity index (χ1n) is 6.58. The molecule has 18 heavy (non-hydrogen) atoms. The highest BCUT2D eigenvalue weighted by molar-refractivity contribution is 5.02. The number of hydrogen-bond acceptors (Lipinski definition) is 6. The summed E-state index contributed by atoms with van der Waals surface area (Å²) >= 11 is 0. The molecule has 0 aliphatic carbocycles. The van der Waals surface area contributed by atoms with Crippen LogP contribution in [-0.2, 0) is 10.3 Å². The minimum absolute atomic E-state index is 0.155. The van der Waals surface area contributed by atoms with E-state index in [0.717, 1.165) is 19.5 Å². The molecule has 0 radical (unpaired) electrons. The average Bonchev–Trinajstić information content (AvgIpc) is 2.87. The summed E-state index contributed by atoms with van der Waals surface area (Å²) in [7, 11) is 0. The lowest BCUT2D eigenvalue weighted by molar-refractivity contribution is -0.0228. The van der Waals surface area contributed by atoms with Gasteiger partial charge < -0.3 is 19.7 Å². The summed E-state index contributed by atoms with van der Waals surface area (Å²) in [6, 6.07) is 0. The average molecular weight is 255 g/mol. The van der Waals surface area contributed by atoms with Crippen molar-refractivity contribution >= 4 is 0 Å². The quantitative estimate of drug-likeness (QED) is 0.821. The molecular weight excluding hydrogens is 234 g/mol. The van der Waals surface area contributed by atoms with Gasteiger partial charge in [-0.3, -0.25) is 0 Å². The molecule has 6 heteroatoms. The number of aliphatic hydroxyl groups is 1. The van der Waals surface area contributed by atoms with Gasteiger partial charge in [0, 0.05) is 6.61 Å². The summed E-state index contributed by atoms with van der Waals surface area (Å²) < 4.78 is 10.7. The third-order valence-electron chi connectivity index (χ3n) is 3.30. The molecule has 0 spiro atoms. The second-order valence-corrected chi connectivity index (χ2v) is 4.59. The largest absolute Gasteiger partial charge is 0.380 e. The molecule has 2 rings (SSSR count). The third-order valence-corrected chi connectivity index (χ3v) is 3.30. The van der Waals surface area contributed by atoms with E-state index in [2.05, 4.69) is 15.5 Å². The van der Waals surface area contributed by atoms with E-state index in [0.29, 0.717) is 31.2 Å². The molecule has 0 saturated carbocycles. The lowest BCUT2D eigenvalue weighted by Gasteiger charge is -2.28. The van der Waals surface area contributed by atoms with Crippen molar-refractivity contribution in [2.24, 2.45) is 0 Å². The van der Waals surface area contributed by atoms with Crippen LogP contribution in [0.1, 0.15) is 50.9 Å². The van der Waals surface area contributed by atoms with Crippen molar-refractivity contribution in [3.8, 4) is 0 Å². The van der Waals surface area contributed by atoms with Crippen molar-refractivity contribution < 1.29 is 14.4 Å². The van der Waals surface area contributed by atoms with Gasteiger partial charge in [-0.05, 0) is 39.3 Å². The van der Waals surface area contributed by atoms with Gasteiger partial charge in [0.2, 0.25) is 5.82 Å². The van der Waals surface area contributed by atoms with Crippen molar-refractivity contribution in [1.29, 1.82) is 0 Å². The van der Waals surface area contributed by atoms with E-state index in [9.17, 15) is 5.11 Å². The van der Waals surface area contributed by atoms with Crippen molar-refractivity contribution in [2.45, 2.75) is 44.8 Å². The van der Waals surface area contributed by atoms with Crippen LogP contribution in [0.15, 0.2) is 4.52 Å². The normalized spacial score (nSPS) is 20.8. The fraction of sp³-hybridized carbons (Fsp3) is 0.833. The smallest absolute Gasteiger partial charge is 0.258 e. The van der Waals surface area contributed by atoms with Crippen molar-refractivity contribution in [1.82, 2.24) is 15.5 Å². The summed E-state index contributed by atoms with van der Waals surface area (Å²) in [5.41, 5.74) is -0.985. The molecule has 102 valence electrons. The highest BCUT2D eigenvalue weighted by Crippen LogP contribution is 2.30. The standard InChI is InChI=1S/C12H21N3O3/c1-3-9(17-4-2)10-14-11(18-15-10)12(16)5-7-13-8-6-12/h9,13,16H,3-8H2,1-2H3. The Kier molecular flexibility index (Phi) is 4.31. The van der Waals surface area contributed by atoms with Gasteiger partial charge in [-0.15, -0.1) is 0 Å². The van der Waals surface area contributed by atoms with E-state index < -0.39 is 5.60 Å². The molecule has 1 aliphatic heterocycles. The van der Waals surface area contributed by atoms with Crippen LogP contribution in [0, 0.1) is 0 Å². The summed E-state index contributed by atoms with van der Waals surface area (Å²) in [4.78, 5) is 4.31. The fourth-order valence-corrected chi connectivity index (χ4v) is 2.19. The first-order chi connectivity index (χ1) is 8.69. The number of nitrogens with zero attached hydrogens (tertiary/aromatic N) is 2. The Labute approximate surface area is 107 Å². The van der Waals surface area contributed by atoms with Crippen LogP contribution in [0.25, 0.3) is 0 Å². The number of ether oxygens (including phenoxy) is 1. The van der Waals surface area contributed by atoms with Crippen LogP contribution in [0.4, 0.5) is 0 Å². The monoisotopic (exact) mass is 255 g/mol. The van der Waals surface area contributed by atoms with Crippen LogP contribution in [0.5, 0.6) is 0 Å². The van der Waals surface area contributed by atoms with Crippen LogP contribution < -0.4 is 5.32 Å². The summed E-state index contributed by atoms with van der Waals surface area (Å²) in [6.07, 6.45) is 1.82. The fourth-order valence-electron chi connectivity index (χ4n) is 2.19. The van der Waals surface area contributed by atoms with Crippen LogP contribution >= 0.6 is 0 Å². The van der Waals surface area contributed by atoms with E-state index in [1.54, 1.807) is 0 Å². The lowest BCUT2D eigenvalue weighted by Crippen LogP contribution is -2.40. The molecule has 0 aromatic carbocycles. The van der Waals surface area contributed by atoms with Crippen LogP contribution in [0.3, 0.4) is 0 Å². The molecular formula is C12H21N3O3. The van der Waals surface area contributed by atoms with Gasteiger partial charge >= 0.3 is 0 Å². The molecule has 1 aromatic heterocycles. The minimum Gasteiger partial charge on any atom is -0.380 e. The predicted molar refractivity (Wildman–Crippen MR) is 65.0 cm³/mol. The molecule has 1 aliphatic rings. The van der Waals surface area contributed by atoms with E-state index in [1.807, 2.05) is 13.8 Å². The van der Waals surface area contributed by atoms with Gasteiger partial charge in [-0.1, -0.05) is 12.1 Å². The molecule has 0 bridgehead atoms. The molecule has 0 amide bonds. The Bertz CT molecular complexity index is 374. The second kappa shape index (κ2) is 5.77. The molecule has 2 heterocycles. The SMILES string of the molecule is CCOC(CC)c1noc(C2(O)CCNCC2)n1. The lowest BCUT2D eigenvalue weighted by atomic mass is 9.92. The topological polar surface area (TPSA) is 80.4 Å². The Morgan fingerprint density at radius 3 is 2.78 bits per heavy atom. The van der Waals surface area contributed by atoms with Gasteiger partial charge in [0.05, 0.1) is 0 Å². The Hall–Kier alpha value is -0.980. The molecule has 1 atom stereocenters. The number of aromatic nitrogens is 2. The molecule has 1 fully saturated rings. The van der Waals surface area contributed by atoms with Gasteiger partial charge in [-0.25, -0.2) is 0 Å². The van der Waals surface area contributed by atoms with Crippen molar-refractivity contribution in [2.75, 3.05) is 19.7 Å². The third kappa shape index (κ3) is 2.71. The maximum Gasteiger partial charge on any atom is 0.258 e. The van der Waals surface area contributed by atoms with Crippen molar-refractivity contribution in [3.05, 3.63) is 11.7 Å². The maximum absolute atomic E-state index is 10.5. The summed E-state index contributed by atoms with van der Waals surface area (Å²) in [5.74, 6) is 0.846. The molecule has 1 aromatic rings. The number of rotatable bonds is 5. The second-order valence-electron chi connectivity index (χ2n) is 4.59. The Morgan fingerprint density at radius 2 is 2.17 bits per heavy atom. The predicted octanol–water partition coefficient (Wildman–Crippen LogP) is 1.13.